The summed E-state index contributed by atoms with van der Waals surface area (Å²) in [4.78, 5) is 16.7. The maximum Gasteiger partial charge on any atom is 0.276 e. The van der Waals surface area contributed by atoms with Crippen molar-refractivity contribution >= 4 is 43.0 Å². The minimum Gasteiger partial charge on any atom is -0.258 e. The molecule has 0 spiro atoms. The molecule has 134 valence electrons. The van der Waals surface area contributed by atoms with Crippen molar-refractivity contribution in [2.45, 2.75) is 18.7 Å². The molecule has 1 N–H and O–H groups in total. The maximum absolute atomic E-state index is 12.4. The van der Waals surface area contributed by atoms with Crippen LogP contribution in [0.1, 0.15) is 17.5 Å². The first-order chi connectivity index (χ1) is 12.3. The summed E-state index contributed by atoms with van der Waals surface area (Å²) in [5.74, 6) is 0. The third-order valence-electron chi connectivity index (χ3n) is 3.62. The van der Waals surface area contributed by atoms with Crippen LogP contribution in [-0.4, -0.2) is 24.0 Å². The van der Waals surface area contributed by atoms with E-state index >= 15 is 0 Å². The number of nitro benzene ring substituents is 1. The number of fused-ring (bicyclic) bond motifs is 1. The van der Waals surface area contributed by atoms with Gasteiger partial charge >= 0.3 is 0 Å². The van der Waals surface area contributed by atoms with Crippen LogP contribution in [-0.2, 0) is 10.0 Å². The number of rotatable bonds is 5. The standard InChI is InChI=1S/C16H14N4O4S2/c1-10-7-8-12(9-14(10)20(21)22)26(23,24)19-18-11(2)16-17-13-5-3-4-6-15(13)25-16/h3-9,19H,1-2H3/b18-11-. The number of aryl methyl sites for hydroxylation is 1. The molecule has 1 aromatic heterocycles. The number of thiazole rings is 1. The van der Waals surface area contributed by atoms with Gasteiger partial charge in [-0.05, 0) is 32.0 Å². The Labute approximate surface area is 153 Å². The number of hydrazone groups is 1. The first-order valence-electron chi connectivity index (χ1n) is 7.45. The van der Waals surface area contributed by atoms with Gasteiger partial charge < -0.3 is 0 Å². The summed E-state index contributed by atoms with van der Waals surface area (Å²) in [6.07, 6.45) is 0. The Kier molecular flexibility index (Phi) is 4.70. The smallest absolute Gasteiger partial charge is 0.258 e. The largest absolute Gasteiger partial charge is 0.276 e. The van der Waals surface area contributed by atoms with E-state index in [0.29, 0.717) is 16.3 Å². The molecule has 0 saturated carbocycles. The van der Waals surface area contributed by atoms with Crippen molar-refractivity contribution in [2.24, 2.45) is 5.10 Å². The molecule has 3 rings (SSSR count). The zero-order valence-electron chi connectivity index (χ0n) is 13.8. The molecule has 2 aromatic carbocycles. The van der Waals surface area contributed by atoms with Crippen LogP contribution in [0.5, 0.6) is 0 Å². The molecule has 0 aliphatic carbocycles. The minimum absolute atomic E-state index is 0.226. The van der Waals surface area contributed by atoms with E-state index in [9.17, 15) is 18.5 Å². The van der Waals surface area contributed by atoms with Gasteiger partial charge in [-0.3, -0.25) is 10.1 Å². The molecule has 0 bridgehead atoms. The number of hydrogen-bond donors (Lipinski definition) is 1. The number of nitrogens with zero attached hydrogens (tertiary/aromatic N) is 3. The molecule has 0 amide bonds. The van der Waals surface area contributed by atoms with E-state index in [2.05, 4.69) is 14.9 Å². The van der Waals surface area contributed by atoms with E-state index in [-0.39, 0.29) is 10.6 Å². The highest BCUT2D eigenvalue weighted by molar-refractivity contribution is 7.89. The van der Waals surface area contributed by atoms with Crippen LogP contribution >= 0.6 is 11.3 Å². The van der Waals surface area contributed by atoms with E-state index in [0.717, 1.165) is 16.3 Å². The van der Waals surface area contributed by atoms with Gasteiger partial charge in [-0.1, -0.05) is 18.2 Å². The molecule has 0 unspecified atom stereocenters. The number of hydrogen-bond acceptors (Lipinski definition) is 7. The number of nitrogens with one attached hydrogen (secondary N) is 1. The number of sulfonamides is 1. The quantitative estimate of drug-likeness (QED) is 0.408. The van der Waals surface area contributed by atoms with Gasteiger partial charge in [0.05, 0.1) is 25.7 Å². The SMILES string of the molecule is C/C(=N/NS(=O)(=O)c1ccc(C)c([N+](=O)[O-])c1)c1nc2ccccc2s1. The van der Waals surface area contributed by atoms with Crippen LogP contribution < -0.4 is 4.83 Å². The minimum atomic E-state index is -4.03. The lowest BCUT2D eigenvalue weighted by Gasteiger charge is -2.05. The average molecular weight is 390 g/mol. The third-order valence-corrected chi connectivity index (χ3v) is 5.98. The Morgan fingerprint density at radius 2 is 2.00 bits per heavy atom. The number of aromatic nitrogens is 1. The Hall–Kier alpha value is -2.85. The summed E-state index contributed by atoms with van der Waals surface area (Å²) >= 11 is 1.39. The van der Waals surface area contributed by atoms with E-state index in [1.807, 2.05) is 24.3 Å². The van der Waals surface area contributed by atoms with Crippen LogP contribution in [0.2, 0.25) is 0 Å². The third kappa shape index (κ3) is 3.55. The lowest BCUT2D eigenvalue weighted by molar-refractivity contribution is -0.385. The van der Waals surface area contributed by atoms with Crippen molar-refractivity contribution in [1.82, 2.24) is 9.82 Å². The van der Waals surface area contributed by atoms with Crippen LogP contribution in [0.25, 0.3) is 10.2 Å². The van der Waals surface area contributed by atoms with Gasteiger partial charge in [-0.25, -0.2) is 4.98 Å². The molecule has 3 aromatic rings. The monoisotopic (exact) mass is 390 g/mol. The lowest BCUT2D eigenvalue weighted by Crippen LogP contribution is -2.20. The topological polar surface area (TPSA) is 115 Å². The van der Waals surface area contributed by atoms with Gasteiger partial charge in [0.15, 0.2) is 0 Å². The maximum atomic E-state index is 12.4. The Morgan fingerprint density at radius 3 is 2.69 bits per heavy atom. The highest BCUT2D eigenvalue weighted by atomic mass is 32.2. The average Bonchev–Trinajstić information content (AvgIpc) is 3.04. The second-order valence-electron chi connectivity index (χ2n) is 5.48. The van der Waals surface area contributed by atoms with Gasteiger partial charge in [-0.15, -0.1) is 11.3 Å². The van der Waals surface area contributed by atoms with Crippen LogP contribution in [0, 0.1) is 17.0 Å². The summed E-state index contributed by atoms with van der Waals surface area (Å²) in [5, 5.41) is 15.5. The van der Waals surface area contributed by atoms with E-state index in [4.69, 9.17) is 0 Å². The summed E-state index contributed by atoms with van der Waals surface area (Å²) in [5.41, 5.74) is 1.32. The van der Waals surface area contributed by atoms with E-state index in [1.165, 1.54) is 30.4 Å². The van der Waals surface area contributed by atoms with Crippen LogP contribution in [0.3, 0.4) is 0 Å². The Balaban J connectivity index is 1.88. The molecule has 8 nitrogen and oxygen atoms in total. The molecule has 0 radical (unpaired) electrons. The summed E-state index contributed by atoms with van der Waals surface area (Å²) in [6.45, 7) is 3.18. The van der Waals surface area contributed by atoms with E-state index < -0.39 is 14.9 Å². The van der Waals surface area contributed by atoms with Crippen molar-refractivity contribution in [2.75, 3.05) is 0 Å². The Morgan fingerprint density at radius 1 is 1.27 bits per heavy atom. The molecule has 26 heavy (non-hydrogen) atoms. The molecule has 0 aliphatic rings. The highest BCUT2D eigenvalue weighted by Crippen LogP contribution is 2.23. The zero-order chi connectivity index (χ0) is 18.9. The molecular weight excluding hydrogens is 376 g/mol. The highest BCUT2D eigenvalue weighted by Gasteiger charge is 2.19. The van der Waals surface area contributed by atoms with Crippen molar-refractivity contribution in [3.8, 4) is 0 Å². The fourth-order valence-electron chi connectivity index (χ4n) is 2.21. The van der Waals surface area contributed by atoms with Crippen LogP contribution in [0.4, 0.5) is 5.69 Å². The van der Waals surface area contributed by atoms with Crippen LogP contribution in [0.15, 0.2) is 52.5 Å². The van der Waals surface area contributed by atoms with Crippen molar-refractivity contribution in [3.05, 3.63) is 63.1 Å². The number of para-hydroxylation sites is 1. The first kappa shape index (κ1) is 18.0. The van der Waals surface area contributed by atoms with Crippen molar-refractivity contribution < 1.29 is 13.3 Å². The lowest BCUT2D eigenvalue weighted by atomic mass is 10.2. The fourth-order valence-corrected chi connectivity index (χ4v) is 4.00. The molecule has 0 atom stereocenters. The molecule has 1 heterocycles. The summed E-state index contributed by atoms with van der Waals surface area (Å²) < 4.78 is 25.7. The van der Waals surface area contributed by atoms with Gasteiger partial charge in [0.25, 0.3) is 15.7 Å². The first-order valence-corrected chi connectivity index (χ1v) is 9.75. The second-order valence-corrected chi connectivity index (χ2v) is 8.18. The molecule has 0 fully saturated rings. The predicted molar refractivity (Wildman–Crippen MR) is 100.0 cm³/mol. The number of nitro groups is 1. The van der Waals surface area contributed by atoms with E-state index in [1.54, 1.807) is 6.92 Å². The van der Waals surface area contributed by atoms with Gasteiger partial charge in [-0.2, -0.15) is 18.4 Å². The summed E-state index contributed by atoms with van der Waals surface area (Å²) in [6, 6.07) is 11.2. The molecule has 10 heteroatoms. The molecular formula is C16H14N4O4S2. The second kappa shape index (κ2) is 6.81. The predicted octanol–water partition coefficient (Wildman–Crippen LogP) is 3.22. The van der Waals surface area contributed by atoms with Crippen molar-refractivity contribution in [1.29, 1.82) is 0 Å². The normalized spacial score (nSPS) is 12.3. The van der Waals surface area contributed by atoms with Crippen molar-refractivity contribution in [3.63, 3.8) is 0 Å². The molecule has 0 aliphatic heterocycles. The van der Waals surface area contributed by atoms with Gasteiger partial charge in [0, 0.05) is 11.6 Å². The summed E-state index contributed by atoms with van der Waals surface area (Å²) in [7, 11) is -4.03. The Bertz CT molecular complexity index is 1100. The fraction of sp³-hybridized carbons (Fsp3) is 0.125. The molecule has 0 saturated heterocycles. The van der Waals surface area contributed by atoms with Gasteiger partial charge in [0.2, 0.25) is 0 Å². The zero-order valence-corrected chi connectivity index (χ0v) is 15.5. The van der Waals surface area contributed by atoms with Gasteiger partial charge in [0.1, 0.15) is 5.01 Å². The number of benzene rings is 2.